The number of nitrogens with one attached hydrogen (secondary N) is 2. The van der Waals surface area contributed by atoms with Crippen molar-refractivity contribution in [3.8, 4) is 0 Å². The minimum atomic E-state index is -0.627. The van der Waals surface area contributed by atoms with Crippen LogP contribution in [0.3, 0.4) is 0 Å². The summed E-state index contributed by atoms with van der Waals surface area (Å²) in [4.78, 5) is 29.5. The third kappa shape index (κ3) is 2.65. The zero-order valence-corrected chi connectivity index (χ0v) is 13.3. The van der Waals surface area contributed by atoms with Gasteiger partial charge in [-0.3, -0.25) is 14.0 Å². The second kappa shape index (κ2) is 5.72. The summed E-state index contributed by atoms with van der Waals surface area (Å²) in [6.07, 6.45) is 3.79. The average Bonchev–Trinajstić information content (AvgIpc) is 3.12. The Kier molecular flexibility index (Phi) is 3.53. The molecule has 2 N–H and O–H groups in total. The molecule has 3 aromatic rings. The van der Waals surface area contributed by atoms with Crippen molar-refractivity contribution in [2.45, 2.75) is 18.9 Å². The van der Waals surface area contributed by atoms with Crippen LogP contribution in [0, 0.1) is 5.82 Å². The minimum absolute atomic E-state index is 0.0444. The van der Waals surface area contributed by atoms with Crippen molar-refractivity contribution in [2.24, 2.45) is 0 Å². The number of nitrogens with zero attached hydrogens (tertiary/aromatic N) is 2. The predicted octanol–water partition coefficient (Wildman–Crippen LogP) is 2.28. The van der Waals surface area contributed by atoms with E-state index in [9.17, 15) is 14.0 Å². The largest absolute Gasteiger partial charge is 0.350 e. The number of thiazole rings is 1. The highest BCUT2D eigenvalue weighted by Gasteiger charge is 2.30. The van der Waals surface area contributed by atoms with Crippen LogP contribution >= 0.6 is 11.3 Å². The number of hydrogen-bond acceptors (Lipinski definition) is 4. The number of anilines is 1. The summed E-state index contributed by atoms with van der Waals surface area (Å²) in [5.41, 5.74) is 1.73. The molecule has 6 nitrogen and oxygen atoms in total. The minimum Gasteiger partial charge on any atom is -0.350 e. The molecule has 122 valence electrons. The lowest BCUT2D eigenvalue weighted by atomic mass is 9.89. The van der Waals surface area contributed by atoms with Gasteiger partial charge in [-0.1, -0.05) is 6.07 Å². The first-order valence-electron chi connectivity index (χ1n) is 7.38. The molecule has 24 heavy (non-hydrogen) atoms. The maximum absolute atomic E-state index is 13.3. The fraction of sp³-hybridized carbons (Fsp3) is 0.188. The first-order chi connectivity index (χ1) is 11.6. The topological polar surface area (TPSA) is 75.5 Å². The van der Waals surface area contributed by atoms with Gasteiger partial charge in [-0.25, -0.2) is 9.37 Å². The van der Waals surface area contributed by atoms with E-state index in [-0.39, 0.29) is 24.8 Å². The molecule has 4 rings (SSSR count). The maximum atomic E-state index is 13.3. The van der Waals surface area contributed by atoms with Gasteiger partial charge in [0.1, 0.15) is 5.82 Å². The highest BCUT2D eigenvalue weighted by Crippen LogP contribution is 2.32. The number of carbonyl (C=O) groups is 2. The first-order valence-corrected chi connectivity index (χ1v) is 8.26. The fourth-order valence-electron chi connectivity index (χ4n) is 2.83. The number of amides is 2. The van der Waals surface area contributed by atoms with Crippen LogP contribution in [0.5, 0.6) is 0 Å². The van der Waals surface area contributed by atoms with Gasteiger partial charge in [0.05, 0.1) is 18.2 Å². The van der Waals surface area contributed by atoms with E-state index in [1.807, 2.05) is 22.2 Å². The van der Waals surface area contributed by atoms with Crippen molar-refractivity contribution < 1.29 is 14.0 Å². The molecule has 0 saturated heterocycles. The monoisotopic (exact) mass is 344 g/mol. The molecule has 2 amide bonds. The van der Waals surface area contributed by atoms with Gasteiger partial charge in [0, 0.05) is 29.9 Å². The molecule has 0 bridgehead atoms. The molecule has 1 unspecified atom stereocenters. The molecule has 0 spiro atoms. The van der Waals surface area contributed by atoms with Crippen molar-refractivity contribution >= 4 is 33.8 Å². The van der Waals surface area contributed by atoms with Crippen LogP contribution in [0.2, 0.25) is 0 Å². The number of carbonyl (C=O) groups excluding carboxylic acids is 2. The molecule has 1 aliphatic heterocycles. The van der Waals surface area contributed by atoms with Crippen LogP contribution < -0.4 is 10.6 Å². The Hall–Kier alpha value is -2.74. The van der Waals surface area contributed by atoms with Crippen molar-refractivity contribution in [1.29, 1.82) is 0 Å². The van der Waals surface area contributed by atoms with Gasteiger partial charge in [-0.2, -0.15) is 0 Å². The van der Waals surface area contributed by atoms with E-state index in [1.165, 1.54) is 23.5 Å². The summed E-state index contributed by atoms with van der Waals surface area (Å²) >= 11 is 1.51. The highest BCUT2D eigenvalue weighted by molar-refractivity contribution is 7.15. The molecule has 0 fully saturated rings. The summed E-state index contributed by atoms with van der Waals surface area (Å²) < 4.78 is 15.2. The van der Waals surface area contributed by atoms with Crippen molar-refractivity contribution in [3.05, 3.63) is 53.0 Å². The number of aromatic nitrogens is 2. The van der Waals surface area contributed by atoms with Crippen LogP contribution in [0.4, 0.5) is 10.1 Å². The Morgan fingerprint density at radius 3 is 3.21 bits per heavy atom. The van der Waals surface area contributed by atoms with Crippen molar-refractivity contribution in [3.63, 3.8) is 0 Å². The van der Waals surface area contributed by atoms with Gasteiger partial charge >= 0.3 is 0 Å². The smallest absolute Gasteiger partial charge is 0.228 e. The third-order valence-corrected chi connectivity index (χ3v) is 4.73. The molecule has 0 radical (unpaired) electrons. The quantitative estimate of drug-likeness (QED) is 0.765. The standard InChI is InChI=1S/C16H13FN4O2S/c17-9-1-2-11-12(6-14(22)20-13(11)5-9)15(23)18-7-10-8-21-3-4-24-16(21)19-10/h1-5,8,12H,6-7H2,(H,18,23)(H,20,22). The summed E-state index contributed by atoms with van der Waals surface area (Å²) in [5, 5.41) is 7.34. The lowest BCUT2D eigenvalue weighted by Crippen LogP contribution is -2.34. The van der Waals surface area contributed by atoms with Crippen molar-refractivity contribution in [2.75, 3.05) is 5.32 Å². The molecular formula is C16H13FN4O2S. The van der Waals surface area contributed by atoms with Gasteiger partial charge < -0.3 is 10.6 Å². The molecule has 8 heteroatoms. The predicted molar refractivity (Wildman–Crippen MR) is 87.3 cm³/mol. The van der Waals surface area contributed by atoms with E-state index in [1.54, 1.807) is 6.07 Å². The third-order valence-electron chi connectivity index (χ3n) is 3.96. The average molecular weight is 344 g/mol. The normalized spacial score (nSPS) is 16.7. The number of imidazole rings is 1. The van der Waals surface area contributed by atoms with E-state index in [4.69, 9.17) is 0 Å². The van der Waals surface area contributed by atoms with Crippen LogP contribution in [0.25, 0.3) is 4.96 Å². The molecule has 0 aliphatic carbocycles. The maximum Gasteiger partial charge on any atom is 0.228 e. The van der Waals surface area contributed by atoms with Crippen LogP contribution in [0.15, 0.2) is 36.0 Å². The summed E-state index contributed by atoms with van der Waals surface area (Å²) in [6, 6.07) is 4.07. The fourth-order valence-corrected chi connectivity index (χ4v) is 3.55. The van der Waals surface area contributed by atoms with E-state index in [0.29, 0.717) is 11.3 Å². The van der Waals surface area contributed by atoms with Crippen LogP contribution in [-0.4, -0.2) is 21.2 Å². The van der Waals surface area contributed by atoms with Gasteiger partial charge in [0.15, 0.2) is 4.96 Å². The zero-order chi connectivity index (χ0) is 16.7. The number of rotatable bonds is 3. The van der Waals surface area contributed by atoms with Gasteiger partial charge in [0.25, 0.3) is 0 Å². The molecule has 1 aromatic carbocycles. The lowest BCUT2D eigenvalue weighted by Gasteiger charge is -2.24. The number of benzene rings is 1. The Bertz CT molecular complexity index is 920. The molecule has 1 atom stereocenters. The highest BCUT2D eigenvalue weighted by atomic mass is 32.1. The van der Waals surface area contributed by atoms with E-state index >= 15 is 0 Å². The Balaban J connectivity index is 1.52. The molecule has 2 aromatic heterocycles. The van der Waals surface area contributed by atoms with Gasteiger partial charge in [-0.15, -0.1) is 11.3 Å². The summed E-state index contributed by atoms with van der Waals surface area (Å²) in [5.74, 6) is -1.64. The number of hydrogen-bond donors (Lipinski definition) is 2. The van der Waals surface area contributed by atoms with Gasteiger partial charge in [-0.05, 0) is 17.7 Å². The summed E-state index contributed by atoms with van der Waals surface area (Å²) in [7, 11) is 0. The Labute approximate surface area is 140 Å². The molecule has 3 heterocycles. The SMILES string of the molecule is O=C1CC(C(=O)NCc2cn3ccsc3n2)c2ccc(F)cc2N1. The second-order valence-corrected chi connectivity index (χ2v) is 6.45. The molecular weight excluding hydrogens is 331 g/mol. The van der Waals surface area contributed by atoms with Gasteiger partial charge in [0.2, 0.25) is 11.8 Å². The molecule has 1 aliphatic rings. The van der Waals surface area contributed by atoms with E-state index < -0.39 is 11.7 Å². The van der Waals surface area contributed by atoms with Crippen molar-refractivity contribution in [1.82, 2.24) is 14.7 Å². The number of halogens is 1. The second-order valence-electron chi connectivity index (χ2n) is 5.58. The Morgan fingerprint density at radius 1 is 1.50 bits per heavy atom. The van der Waals surface area contributed by atoms with Crippen LogP contribution in [-0.2, 0) is 16.1 Å². The molecule has 0 saturated carbocycles. The lowest BCUT2D eigenvalue weighted by molar-refractivity contribution is -0.126. The summed E-state index contributed by atoms with van der Waals surface area (Å²) in [6.45, 7) is 0.280. The Morgan fingerprint density at radius 2 is 2.38 bits per heavy atom. The van der Waals surface area contributed by atoms with Crippen LogP contribution in [0.1, 0.15) is 23.6 Å². The van der Waals surface area contributed by atoms with E-state index in [2.05, 4.69) is 15.6 Å². The zero-order valence-electron chi connectivity index (χ0n) is 12.5. The number of fused-ring (bicyclic) bond motifs is 2. The first kappa shape index (κ1) is 14.8. The van der Waals surface area contributed by atoms with E-state index in [0.717, 1.165) is 10.7 Å².